The largest absolute Gasteiger partial charge is 0.399 e. The van der Waals surface area contributed by atoms with Crippen molar-refractivity contribution in [1.29, 1.82) is 0 Å². The van der Waals surface area contributed by atoms with Crippen LogP contribution in [-0.4, -0.2) is 26.8 Å². The Bertz CT molecular complexity index is 506. The molecule has 0 aliphatic carbocycles. The van der Waals surface area contributed by atoms with E-state index in [1.54, 1.807) is 4.68 Å². The zero-order chi connectivity index (χ0) is 11.0. The van der Waals surface area contributed by atoms with Gasteiger partial charge in [0.25, 0.3) is 0 Å². The number of nitrogens with two attached hydrogens (primary N) is 1. The van der Waals surface area contributed by atoms with Gasteiger partial charge in [0.2, 0.25) is 5.95 Å². The lowest BCUT2D eigenvalue weighted by Crippen LogP contribution is -2.24. The Morgan fingerprint density at radius 1 is 1.44 bits per heavy atom. The van der Waals surface area contributed by atoms with Gasteiger partial charge in [-0.25, -0.2) is 4.68 Å². The number of fused-ring (bicyclic) bond motifs is 1. The molecule has 0 saturated heterocycles. The maximum atomic E-state index is 5.78. The van der Waals surface area contributed by atoms with E-state index in [0.717, 1.165) is 30.2 Å². The molecule has 1 aromatic heterocycles. The third kappa shape index (κ3) is 1.39. The molecule has 1 aliphatic rings. The fraction of sp³-hybridized carbons (Fsp3) is 0.300. The van der Waals surface area contributed by atoms with Crippen molar-refractivity contribution in [3.63, 3.8) is 0 Å². The summed E-state index contributed by atoms with van der Waals surface area (Å²) in [5.74, 6) is 0.721. The summed E-state index contributed by atoms with van der Waals surface area (Å²) in [7, 11) is 0. The Morgan fingerprint density at radius 3 is 3.25 bits per heavy atom. The van der Waals surface area contributed by atoms with Crippen LogP contribution in [0, 0.1) is 0 Å². The predicted molar refractivity (Wildman–Crippen MR) is 59.9 cm³/mol. The van der Waals surface area contributed by atoms with Gasteiger partial charge in [-0.1, -0.05) is 17.2 Å². The smallest absolute Gasteiger partial charge is 0.243 e. The van der Waals surface area contributed by atoms with Crippen LogP contribution >= 0.6 is 0 Å². The highest BCUT2D eigenvalue weighted by Gasteiger charge is 2.23. The minimum absolute atomic E-state index is 0.176. The van der Waals surface area contributed by atoms with Gasteiger partial charge in [-0.2, -0.15) is 0 Å². The summed E-state index contributed by atoms with van der Waals surface area (Å²) >= 11 is 0. The fourth-order valence-electron chi connectivity index (χ4n) is 2.04. The number of anilines is 2. The Kier molecular flexibility index (Phi) is 1.99. The van der Waals surface area contributed by atoms with Crippen molar-refractivity contribution in [2.75, 3.05) is 17.6 Å². The summed E-state index contributed by atoms with van der Waals surface area (Å²) in [5, 5.41) is 14.7. The summed E-state index contributed by atoms with van der Waals surface area (Å²) in [6, 6.07) is 8.04. The van der Waals surface area contributed by atoms with Crippen LogP contribution in [0.25, 0.3) is 0 Å². The van der Waals surface area contributed by atoms with Crippen LogP contribution in [0.15, 0.2) is 24.3 Å². The molecule has 3 N–H and O–H groups in total. The van der Waals surface area contributed by atoms with E-state index in [0.29, 0.717) is 0 Å². The molecule has 6 heteroatoms. The van der Waals surface area contributed by atoms with Crippen molar-refractivity contribution < 1.29 is 0 Å². The van der Waals surface area contributed by atoms with Gasteiger partial charge in [0.15, 0.2) is 0 Å². The first kappa shape index (κ1) is 9.14. The van der Waals surface area contributed by atoms with Gasteiger partial charge in [0.05, 0.1) is 6.04 Å². The maximum Gasteiger partial charge on any atom is 0.243 e. The molecule has 0 bridgehead atoms. The molecule has 0 amide bonds. The second kappa shape index (κ2) is 3.48. The van der Waals surface area contributed by atoms with Crippen molar-refractivity contribution in [3.05, 3.63) is 29.8 Å². The van der Waals surface area contributed by atoms with Gasteiger partial charge in [0, 0.05) is 12.2 Å². The number of nitrogen functional groups attached to an aromatic ring is 1. The van der Waals surface area contributed by atoms with Crippen LogP contribution in [0.5, 0.6) is 0 Å². The van der Waals surface area contributed by atoms with E-state index in [4.69, 9.17) is 5.73 Å². The van der Waals surface area contributed by atoms with Gasteiger partial charge in [0.1, 0.15) is 0 Å². The Hall–Kier alpha value is -2.11. The molecular formula is C10H12N6. The quantitative estimate of drug-likeness (QED) is 0.684. The molecule has 16 heavy (non-hydrogen) atoms. The minimum atomic E-state index is 0.176. The van der Waals surface area contributed by atoms with E-state index in [1.807, 2.05) is 18.2 Å². The minimum Gasteiger partial charge on any atom is -0.399 e. The van der Waals surface area contributed by atoms with E-state index >= 15 is 0 Å². The molecule has 2 heterocycles. The molecule has 0 saturated carbocycles. The number of benzene rings is 1. The standard InChI is InChI=1S/C10H12N6/c11-8-3-1-2-7(6-8)9-4-5-12-10-13-14-15-16(9)10/h1-3,6,9H,4-5,11H2,(H,12,13,15). The average Bonchev–Trinajstić information content (AvgIpc) is 2.76. The average molecular weight is 216 g/mol. The molecule has 0 spiro atoms. The first-order valence-electron chi connectivity index (χ1n) is 5.22. The summed E-state index contributed by atoms with van der Waals surface area (Å²) in [6.07, 6.45) is 0.960. The number of nitrogens with one attached hydrogen (secondary N) is 1. The van der Waals surface area contributed by atoms with E-state index in [9.17, 15) is 0 Å². The molecule has 1 atom stereocenters. The molecule has 2 aromatic rings. The van der Waals surface area contributed by atoms with Crippen molar-refractivity contribution in [2.24, 2.45) is 0 Å². The number of hydrogen-bond donors (Lipinski definition) is 2. The third-order valence-corrected chi connectivity index (χ3v) is 2.78. The van der Waals surface area contributed by atoms with Gasteiger partial charge < -0.3 is 11.1 Å². The van der Waals surface area contributed by atoms with E-state index in [2.05, 4.69) is 26.9 Å². The summed E-state index contributed by atoms with van der Waals surface area (Å²) in [6.45, 7) is 0.875. The number of rotatable bonds is 1. The van der Waals surface area contributed by atoms with E-state index < -0.39 is 0 Å². The summed E-state index contributed by atoms with van der Waals surface area (Å²) in [5.41, 5.74) is 7.70. The van der Waals surface area contributed by atoms with Gasteiger partial charge in [-0.15, -0.1) is 0 Å². The van der Waals surface area contributed by atoms with Crippen molar-refractivity contribution in [1.82, 2.24) is 20.2 Å². The van der Waals surface area contributed by atoms with Crippen LogP contribution in [0.3, 0.4) is 0 Å². The molecular weight excluding hydrogens is 204 g/mol. The first-order chi connectivity index (χ1) is 7.84. The van der Waals surface area contributed by atoms with Crippen LogP contribution in [-0.2, 0) is 0 Å². The highest BCUT2D eigenvalue weighted by Crippen LogP contribution is 2.27. The monoisotopic (exact) mass is 216 g/mol. The van der Waals surface area contributed by atoms with Gasteiger partial charge in [-0.3, -0.25) is 0 Å². The Labute approximate surface area is 92.5 Å². The SMILES string of the molecule is Nc1cccc(C2CCNc3nnnn32)c1. The zero-order valence-corrected chi connectivity index (χ0v) is 8.67. The highest BCUT2D eigenvalue weighted by atomic mass is 15.6. The zero-order valence-electron chi connectivity index (χ0n) is 8.67. The van der Waals surface area contributed by atoms with Gasteiger partial charge in [-0.05, 0) is 34.5 Å². The molecule has 1 unspecified atom stereocenters. The molecule has 1 aliphatic heterocycles. The first-order valence-corrected chi connectivity index (χ1v) is 5.22. The number of hydrogen-bond acceptors (Lipinski definition) is 5. The Morgan fingerprint density at radius 2 is 2.38 bits per heavy atom. The van der Waals surface area contributed by atoms with Crippen LogP contribution < -0.4 is 11.1 Å². The molecule has 82 valence electrons. The number of tetrazole rings is 1. The molecule has 0 radical (unpaired) electrons. The molecule has 0 fully saturated rings. The molecule has 1 aromatic carbocycles. The Balaban J connectivity index is 2.04. The fourth-order valence-corrected chi connectivity index (χ4v) is 2.04. The topological polar surface area (TPSA) is 81.7 Å². The highest BCUT2D eigenvalue weighted by molar-refractivity contribution is 5.43. The second-order valence-electron chi connectivity index (χ2n) is 3.85. The predicted octanol–water partition coefficient (Wildman–Crippen LogP) is 0.660. The molecule has 6 nitrogen and oxygen atoms in total. The van der Waals surface area contributed by atoms with E-state index in [1.165, 1.54) is 0 Å². The normalized spacial score (nSPS) is 18.9. The van der Waals surface area contributed by atoms with Crippen LogP contribution in [0.4, 0.5) is 11.6 Å². The lowest BCUT2D eigenvalue weighted by Gasteiger charge is -2.23. The maximum absolute atomic E-state index is 5.78. The summed E-state index contributed by atoms with van der Waals surface area (Å²) < 4.78 is 1.80. The third-order valence-electron chi connectivity index (χ3n) is 2.78. The lowest BCUT2D eigenvalue weighted by atomic mass is 10.0. The van der Waals surface area contributed by atoms with E-state index in [-0.39, 0.29) is 6.04 Å². The van der Waals surface area contributed by atoms with Crippen molar-refractivity contribution >= 4 is 11.6 Å². The van der Waals surface area contributed by atoms with Crippen molar-refractivity contribution in [3.8, 4) is 0 Å². The number of aromatic nitrogens is 4. The molecule has 3 rings (SSSR count). The van der Waals surface area contributed by atoms with Crippen LogP contribution in [0.1, 0.15) is 18.0 Å². The van der Waals surface area contributed by atoms with Crippen LogP contribution in [0.2, 0.25) is 0 Å². The van der Waals surface area contributed by atoms with Gasteiger partial charge >= 0.3 is 0 Å². The van der Waals surface area contributed by atoms with Crippen molar-refractivity contribution in [2.45, 2.75) is 12.5 Å². The second-order valence-corrected chi connectivity index (χ2v) is 3.85. The lowest BCUT2D eigenvalue weighted by molar-refractivity contribution is 0.469. The summed E-state index contributed by atoms with van der Waals surface area (Å²) in [4.78, 5) is 0. The number of nitrogens with zero attached hydrogens (tertiary/aromatic N) is 4.